The molecule has 4 heteroatoms. The zero-order valence-corrected chi connectivity index (χ0v) is 11.9. The molecule has 0 radical (unpaired) electrons. The van der Waals surface area contributed by atoms with Crippen LogP contribution in [0.1, 0.15) is 23.4 Å². The molecular formula is C15H17NO2S. The van der Waals surface area contributed by atoms with Crippen molar-refractivity contribution in [2.45, 2.75) is 19.4 Å². The number of rotatable bonds is 4. The highest BCUT2D eigenvalue weighted by molar-refractivity contribution is 7.10. The molecule has 2 rings (SSSR count). The van der Waals surface area contributed by atoms with E-state index in [1.807, 2.05) is 36.6 Å². The van der Waals surface area contributed by atoms with E-state index >= 15 is 0 Å². The van der Waals surface area contributed by atoms with Gasteiger partial charge in [-0.25, -0.2) is 0 Å². The fourth-order valence-corrected chi connectivity index (χ4v) is 2.65. The molecule has 0 aliphatic heterocycles. The summed E-state index contributed by atoms with van der Waals surface area (Å²) in [7, 11) is 1.77. The third kappa shape index (κ3) is 3.15. The number of amides is 1. The van der Waals surface area contributed by atoms with Gasteiger partial charge in [-0.2, -0.15) is 0 Å². The van der Waals surface area contributed by atoms with Crippen molar-refractivity contribution in [3.05, 3.63) is 52.2 Å². The Morgan fingerprint density at radius 2 is 2.05 bits per heavy atom. The van der Waals surface area contributed by atoms with Crippen LogP contribution in [0.4, 0.5) is 0 Å². The maximum absolute atomic E-state index is 12.2. The third-order valence-electron chi connectivity index (χ3n) is 3.27. The summed E-state index contributed by atoms with van der Waals surface area (Å²) in [6.07, 6.45) is 0.409. The highest BCUT2D eigenvalue weighted by atomic mass is 32.1. The monoisotopic (exact) mass is 275 g/mol. The Kier molecular flexibility index (Phi) is 4.22. The lowest BCUT2D eigenvalue weighted by atomic mass is 10.1. The summed E-state index contributed by atoms with van der Waals surface area (Å²) in [5.41, 5.74) is 0.768. The molecule has 0 bridgehead atoms. The molecule has 2 aromatic rings. The van der Waals surface area contributed by atoms with Crippen molar-refractivity contribution < 1.29 is 9.90 Å². The van der Waals surface area contributed by atoms with Gasteiger partial charge in [-0.15, -0.1) is 11.3 Å². The Balaban J connectivity index is 2.09. The van der Waals surface area contributed by atoms with Crippen LogP contribution in [0.5, 0.6) is 5.75 Å². The molecule has 0 aliphatic rings. The van der Waals surface area contributed by atoms with Gasteiger partial charge in [0.25, 0.3) is 0 Å². The second-order valence-corrected chi connectivity index (χ2v) is 5.53. The molecular weight excluding hydrogens is 258 g/mol. The summed E-state index contributed by atoms with van der Waals surface area (Å²) in [6.45, 7) is 1.92. The predicted molar refractivity (Wildman–Crippen MR) is 77.3 cm³/mol. The first-order chi connectivity index (χ1) is 9.09. The normalized spacial score (nSPS) is 12.1. The molecule has 1 N–H and O–H groups in total. The summed E-state index contributed by atoms with van der Waals surface area (Å²) in [6, 6.07) is 10.9. The number of benzene rings is 1. The molecule has 0 fully saturated rings. The average molecular weight is 275 g/mol. The first kappa shape index (κ1) is 13.6. The second-order valence-electron chi connectivity index (χ2n) is 4.50. The van der Waals surface area contributed by atoms with Gasteiger partial charge in [-0.1, -0.05) is 24.3 Å². The standard InChI is InChI=1S/C15H17NO2S/c1-11(13-7-3-4-8-14(13)17)16(2)15(18)10-12-6-5-9-19-12/h3-9,11,17H,10H2,1-2H3. The molecule has 1 aromatic heterocycles. The van der Waals surface area contributed by atoms with Gasteiger partial charge in [0.2, 0.25) is 5.91 Å². The summed E-state index contributed by atoms with van der Waals surface area (Å²) >= 11 is 1.58. The topological polar surface area (TPSA) is 40.5 Å². The minimum absolute atomic E-state index is 0.0539. The number of likely N-dealkylation sites (N-methyl/N-ethyl adjacent to an activating group) is 1. The molecule has 0 aliphatic carbocycles. The van der Waals surface area contributed by atoms with Gasteiger partial charge in [-0.3, -0.25) is 4.79 Å². The van der Waals surface area contributed by atoms with E-state index in [-0.39, 0.29) is 17.7 Å². The summed E-state index contributed by atoms with van der Waals surface area (Å²) in [4.78, 5) is 14.9. The molecule has 19 heavy (non-hydrogen) atoms. The van der Waals surface area contributed by atoms with Crippen LogP contribution in [0.2, 0.25) is 0 Å². The number of nitrogens with zero attached hydrogens (tertiary/aromatic N) is 1. The Hall–Kier alpha value is -1.81. The highest BCUT2D eigenvalue weighted by Gasteiger charge is 2.19. The van der Waals surface area contributed by atoms with Crippen LogP contribution < -0.4 is 0 Å². The van der Waals surface area contributed by atoms with Crippen molar-refractivity contribution in [2.75, 3.05) is 7.05 Å². The van der Waals surface area contributed by atoms with Gasteiger partial charge in [-0.05, 0) is 24.4 Å². The van der Waals surface area contributed by atoms with E-state index in [1.165, 1.54) is 0 Å². The lowest BCUT2D eigenvalue weighted by Gasteiger charge is -2.25. The van der Waals surface area contributed by atoms with Crippen LogP contribution in [0.25, 0.3) is 0 Å². The molecule has 100 valence electrons. The predicted octanol–water partition coefficient (Wildman–Crippen LogP) is 3.22. The van der Waals surface area contributed by atoms with Crippen LogP contribution >= 0.6 is 11.3 Å². The van der Waals surface area contributed by atoms with E-state index in [0.29, 0.717) is 6.42 Å². The third-order valence-corrected chi connectivity index (χ3v) is 4.14. The first-order valence-corrected chi connectivity index (χ1v) is 7.03. The number of phenols is 1. The van der Waals surface area contributed by atoms with Gasteiger partial charge in [0, 0.05) is 17.5 Å². The van der Waals surface area contributed by atoms with E-state index in [2.05, 4.69) is 0 Å². The number of hydrogen-bond donors (Lipinski definition) is 1. The van der Waals surface area contributed by atoms with Crippen LogP contribution in [0, 0.1) is 0 Å². The molecule has 1 unspecified atom stereocenters. The van der Waals surface area contributed by atoms with E-state index < -0.39 is 0 Å². The molecule has 1 aromatic carbocycles. The maximum atomic E-state index is 12.2. The molecule has 0 spiro atoms. The van der Waals surface area contributed by atoms with Crippen LogP contribution in [-0.4, -0.2) is 23.0 Å². The summed E-state index contributed by atoms with van der Waals surface area (Å²) in [5, 5.41) is 11.8. The number of thiophene rings is 1. The molecule has 3 nitrogen and oxygen atoms in total. The zero-order valence-electron chi connectivity index (χ0n) is 11.0. The number of hydrogen-bond acceptors (Lipinski definition) is 3. The molecule has 1 amide bonds. The number of phenolic OH excluding ortho intramolecular Hbond substituents is 1. The summed E-state index contributed by atoms with van der Waals surface area (Å²) in [5.74, 6) is 0.281. The smallest absolute Gasteiger partial charge is 0.228 e. The number of carbonyl (C=O) groups is 1. The average Bonchev–Trinajstić information content (AvgIpc) is 2.90. The number of aromatic hydroxyl groups is 1. The second kappa shape index (κ2) is 5.89. The van der Waals surface area contributed by atoms with Gasteiger partial charge >= 0.3 is 0 Å². The van der Waals surface area contributed by atoms with Gasteiger partial charge in [0.1, 0.15) is 5.75 Å². The Morgan fingerprint density at radius 3 is 2.68 bits per heavy atom. The molecule has 1 atom stereocenters. The fraction of sp³-hybridized carbons (Fsp3) is 0.267. The van der Waals surface area contributed by atoms with Crippen molar-refractivity contribution in [1.29, 1.82) is 0 Å². The van der Waals surface area contributed by atoms with Gasteiger partial charge in [0.05, 0.1) is 12.5 Å². The Labute approximate surface area is 117 Å². The summed E-state index contributed by atoms with van der Waals surface area (Å²) < 4.78 is 0. The van der Waals surface area contributed by atoms with Crippen LogP contribution in [0.3, 0.4) is 0 Å². The fourth-order valence-electron chi connectivity index (χ4n) is 1.95. The lowest BCUT2D eigenvalue weighted by Crippen LogP contribution is -2.30. The van der Waals surface area contributed by atoms with Crippen molar-refractivity contribution in [2.24, 2.45) is 0 Å². The quantitative estimate of drug-likeness (QED) is 0.930. The van der Waals surface area contributed by atoms with Crippen molar-refractivity contribution in [3.63, 3.8) is 0 Å². The minimum atomic E-state index is -0.145. The Bertz CT molecular complexity index is 551. The number of para-hydroxylation sites is 1. The molecule has 0 saturated heterocycles. The SMILES string of the molecule is CC(c1ccccc1O)N(C)C(=O)Cc1cccs1. The van der Waals surface area contributed by atoms with Gasteiger partial charge < -0.3 is 10.0 Å². The van der Waals surface area contributed by atoms with E-state index in [4.69, 9.17) is 0 Å². The Morgan fingerprint density at radius 1 is 1.32 bits per heavy atom. The van der Waals surface area contributed by atoms with Crippen molar-refractivity contribution >= 4 is 17.2 Å². The van der Waals surface area contributed by atoms with Crippen LogP contribution in [0.15, 0.2) is 41.8 Å². The van der Waals surface area contributed by atoms with Crippen molar-refractivity contribution in [1.82, 2.24) is 4.90 Å². The van der Waals surface area contributed by atoms with E-state index in [9.17, 15) is 9.90 Å². The minimum Gasteiger partial charge on any atom is -0.508 e. The zero-order chi connectivity index (χ0) is 13.8. The van der Waals surface area contributed by atoms with E-state index in [0.717, 1.165) is 10.4 Å². The lowest BCUT2D eigenvalue weighted by molar-refractivity contribution is -0.131. The highest BCUT2D eigenvalue weighted by Crippen LogP contribution is 2.27. The van der Waals surface area contributed by atoms with Crippen molar-refractivity contribution in [3.8, 4) is 5.75 Å². The van der Waals surface area contributed by atoms with E-state index in [1.54, 1.807) is 35.4 Å². The van der Waals surface area contributed by atoms with Crippen LogP contribution in [-0.2, 0) is 11.2 Å². The molecule has 1 heterocycles. The largest absolute Gasteiger partial charge is 0.508 e. The maximum Gasteiger partial charge on any atom is 0.228 e. The number of carbonyl (C=O) groups excluding carboxylic acids is 1. The first-order valence-electron chi connectivity index (χ1n) is 6.15. The molecule has 0 saturated carbocycles. The van der Waals surface area contributed by atoms with Gasteiger partial charge in [0.15, 0.2) is 0 Å².